The number of carboxylic acids is 1. The molecular formula is C11H13N3O4S2. The average Bonchev–Trinajstić information content (AvgIpc) is 2.96. The molecule has 0 aliphatic carbocycles. The van der Waals surface area contributed by atoms with E-state index in [0.29, 0.717) is 0 Å². The van der Waals surface area contributed by atoms with E-state index >= 15 is 0 Å². The lowest BCUT2D eigenvalue weighted by atomic mass is 10.3. The van der Waals surface area contributed by atoms with Crippen LogP contribution in [0.4, 0.5) is 0 Å². The Labute approximate surface area is 119 Å². The zero-order chi connectivity index (χ0) is 14.9. The number of aromatic carboxylic acids is 1. The summed E-state index contributed by atoms with van der Waals surface area (Å²) >= 11 is 1.42. The first-order valence-corrected chi connectivity index (χ1v) is 8.03. The molecule has 0 saturated heterocycles. The summed E-state index contributed by atoms with van der Waals surface area (Å²) in [5.41, 5.74) is -0.318. The largest absolute Gasteiger partial charge is 0.476 e. The maximum Gasteiger partial charge on any atom is 0.357 e. The van der Waals surface area contributed by atoms with Crippen LogP contribution >= 0.6 is 11.3 Å². The highest BCUT2D eigenvalue weighted by molar-refractivity contribution is 7.89. The van der Waals surface area contributed by atoms with Crippen LogP contribution in [0.15, 0.2) is 22.4 Å². The van der Waals surface area contributed by atoms with Gasteiger partial charge < -0.3 is 5.11 Å². The fourth-order valence-electron chi connectivity index (χ4n) is 1.78. The van der Waals surface area contributed by atoms with Crippen molar-refractivity contribution in [2.75, 3.05) is 0 Å². The number of aryl methyl sites for hydroxylation is 1. The van der Waals surface area contributed by atoms with Crippen molar-refractivity contribution in [1.82, 2.24) is 14.9 Å². The number of H-pyrrole nitrogens is 1. The highest BCUT2D eigenvalue weighted by Crippen LogP contribution is 2.23. The molecule has 0 aromatic carbocycles. The van der Waals surface area contributed by atoms with Crippen LogP contribution in [0.25, 0.3) is 0 Å². The second-order valence-electron chi connectivity index (χ2n) is 4.19. The van der Waals surface area contributed by atoms with Gasteiger partial charge in [-0.1, -0.05) is 6.07 Å². The Kier molecular flexibility index (Phi) is 3.93. The molecule has 0 spiro atoms. The monoisotopic (exact) mass is 315 g/mol. The van der Waals surface area contributed by atoms with Crippen molar-refractivity contribution in [3.63, 3.8) is 0 Å². The molecule has 20 heavy (non-hydrogen) atoms. The van der Waals surface area contributed by atoms with E-state index in [0.717, 1.165) is 4.88 Å². The molecule has 0 bridgehead atoms. The number of carboxylic acid groups (broad SMARTS) is 1. The minimum absolute atomic E-state index is 0.188. The van der Waals surface area contributed by atoms with E-state index in [1.807, 2.05) is 11.4 Å². The van der Waals surface area contributed by atoms with Crippen molar-refractivity contribution in [2.24, 2.45) is 0 Å². The number of hydrogen-bond donors (Lipinski definition) is 3. The SMILES string of the molecule is Cc1[nH]nc(C(=O)O)c1S(=O)(=O)N[C@H](C)c1cccs1. The van der Waals surface area contributed by atoms with Crippen molar-refractivity contribution < 1.29 is 18.3 Å². The highest BCUT2D eigenvalue weighted by atomic mass is 32.2. The summed E-state index contributed by atoms with van der Waals surface area (Å²) in [5.74, 6) is -1.39. The Bertz CT molecular complexity index is 719. The van der Waals surface area contributed by atoms with E-state index < -0.39 is 27.7 Å². The van der Waals surface area contributed by atoms with Gasteiger partial charge in [0.1, 0.15) is 4.90 Å². The average molecular weight is 315 g/mol. The molecule has 9 heteroatoms. The van der Waals surface area contributed by atoms with Gasteiger partial charge in [0.05, 0.1) is 11.7 Å². The number of aromatic nitrogens is 2. The molecular weight excluding hydrogens is 302 g/mol. The Morgan fingerprint density at radius 1 is 1.55 bits per heavy atom. The number of rotatable bonds is 5. The quantitative estimate of drug-likeness (QED) is 0.774. The normalized spacial score (nSPS) is 13.3. The molecule has 0 unspecified atom stereocenters. The Morgan fingerprint density at radius 2 is 2.25 bits per heavy atom. The Morgan fingerprint density at radius 3 is 2.80 bits per heavy atom. The van der Waals surface area contributed by atoms with Gasteiger partial charge in [-0.25, -0.2) is 17.9 Å². The van der Waals surface area contributed by atoms with Crippen LogP contribution in [0.2, 0.25) is 0 Å². The summed E-state index contributed by atoms with van der Waals surface area (Å²) in [4.78, 5) is 11.5. The molecule has 2 aromatic heterocycles. The van der Waals surface area contributed by atoms with Crippen molar-refractivity contribution in [3.05, 3.63) is 33.8 Å². The smallest absolute Gasteiger partial charge is 0.357 e. The van der Waals surface area contributed by atoms with Gasteiger partial charge >= 0.3 is 5.97 Å². The van der Waals surface area contributed by atoms with Gasteiger partial charge in [0, 0.05) is 4.88 Å². The van der Waals surface area contributed by atoms with Crippen LogP contribution in [0.5, 0.6) is 0 Å². The van der Waals surface area contributed by atoms with Gasteiger partial charge in [0.2, 0.25) is 10.0 Å². The van der Waals surface area contributed by atoms with Crippen LogP contribution in [0.3, 0.4) is 0 Å². The highest BCUT2D eigenvalue weighted by Gasteiger charge is 2.29. The minimum Gasteiger partial charge on any atom is -0.476 e. The first-order valence-electron chi connectivity index (χ1n) is 5.67. The number of sulfonamides is 1. The molecule has 0 saturated carbocycles. The van der Waals surface area contributed by atoms with Crippen LogP contribution in [0.1, 0.15) is 34.0 Å². The topological polar surface area (TPSA) is 112 Å². The zero-order valence-corrected chi connectivity index (χ0v) is 12.4. The number of carbonyl (C=O) groups is 1. The molecule has 0 radical (unpaired) electrons. The Hall–Kier alpha value is -1.71. The summed E-state index contributed by atoms with van der Waals surface area (Å²) in [6, 6.07) is 3.17. The molecule has 1 atom stereocenters. The molecule has 3 N–H and O–H groups in total. The summed E-state index contributed by atoms with van der Waals surface area (Å²) in [6.07, 6.45) is 0. The number of nitrogens with one attached hydrogen (secondary N) is 2. The van der Waals surface area contributed by atoms with Crippen molar-refractivity contribution >= 4 is 27.3 Å². The lowest BCUT2D eigenvalue weighted by molar-refractivity contribution is 0.0686. The minimum atomic E-state index is -3.97. The molecule has 2 aromatic rings. The predicted octanol–water partition coefficient (Wildman–Crippen LogP) is 1.52. The van der Waals surface area contributed by atoms with Crippen molar-refractivity contribution in [3.8, 4) is 0 Å². The third-order valence-corrected chi connectivity index (χ3v) is 5.42. The van der Waals surface area contributed by atoms with E-state index in [1.165, 1.54) is 18.3 Å². The Balaban J connectivity index is 2.36. The number of nitrogens with zero attached hydrogens (tertiary/aromatic N) is 1. The second kappa shape index (κ2) is 5.35. The van der Waals surface area contributed by atoms with E-state index in [4.69, 9.17) is 5.11 Å². The van der Waals surface area contributed by atoms with E-state index in [2.05, 4.69) is 14.9 Å². The fraction of sp³-hybridized carbons (Fsp3) is 0.273. The van der Waals surface area contributed by atoms with Gasteiger partial charge in [-0.15, -0.1) is 11.3 Å². The van der Waals surface area contributed by atoms with Crippen molar-refractivity contribution in [2.45, 2.75) is 24.8 Å². The number of aromatic amines is 1. The molecule has 2 heterocycles. The van der Waals surface area contributed by atoms with Crippen LogP contribution in [-0.2, 0) is 10.0 Å². The molecule has 108 valence electrons. The third kappa shape index (κ3) is 2.74. The molecule has 2 rings (SSSR count). The van der Waals surface area contributed by atoms with Gasteiger partial charge in [-0.2, -0.15) is 5.10 Å². The molecule has 7 nitrogen and oxygen atoms in total. The van der Waals surface area contributed by atoms with Gasteiger partial charge in [0.25, 0.3) is 0 Å². The number of thiophene rings is 1. The first kappa shape index (κ1) is 14.7. The zero-order valence-electron chi connectivity index (χ0n) is 10.7. The van der Waals surface area contributed by atoms with E-state index in [1.54, 1.807) is 13.0 Å². The summed E-state index contributed by atoms with van der Waals surface area (Å²) in [7, 11) is -3.97. The third-order valence-electron chi connectivity index (χ3n) is 2.66. The van der Waals surface area contributed by atoms with Crippen LogP contribution in [-0.4, -0.2) is 29.7 Å². The maximum atomic E-state index is 12.3. The molecule has 0 fully saturated rings. The predicted molar refractivity (Wildman–Crippen MR) is 73.3 cm³/mol. The molecule has 0 amide bonds. The molecule has 0 aliphatic heterocycles. The summed E-state index contributed by atoms with van der Waals surface area (Å²) in [6.45, 7) is 3.16. The standard InChI is InChI=1S/C11H13N3O4S2/c1-6(8-4-3-5-19-8)14-20(17,18)10-7(2)12-13-9(10)11(15)16/h3-6,14H,1-2H3,(H,12,13)(H,15,16)/t6-/m1/s1. The molecule has 0 aliphatic rings. The van der Waals surface area contributed by atoms with Crippen molar-refractivity contribution in [1.29, 1.82) is 0 Å². The van der Waals surface area contributed by atoms with Crippen LogP contribution in [0, 0.1) is 6.92 Å². The van der Waals surface area contributed by atoms with E-state index in [9.17, 15) is 13.2 Å². The maximum absolute atomic E-state index is 12.3. The van der Waals surface area contributed by atoms with Gasteiger partial charge in [-0.3, -0.25) is 5.10 Å². The first-order chi connectivity index (χ1) is 9.33. The number of hydrogen-bond acceptors (Lipinski definition) is 5. The van der Waals surface area contributed by atoms with Gasteiger partial charge in [-0.05, 0) is 25.3 Å². The lowest BCUT2D eigenvalue weighted by Gasteiger charge is -2.12. The lowest BCUT2D eigenvalue weighted by Crippen LogP contribution is -2.28. The second-order valence-corrected chi connectivity index (χ2v) is 6.82. The van der Waals surface area contributed by atoms with Crippen LogP contribution < -0.4 is 4.72 Å². The summed E-state index contributed by atoms with van der Waals surface area (Å²) in [5, 5.41) is 16.7. The fourth-order valence-corrected chi connectivity index (χ4v) is 4.14. The van der Waals surface area contributed by atoms with Gasteiger partial charge in [0.15, 0.2) is 5.69 Å². The summed E-state index contributed by atoms with van der Waals surface area (Å²) < 4.78 is 27.1. The van der Waals surface area contributed by atoms with E-state index in [-0.39, 0.29) is 10.6 Å².